The summed E-state index contributed by atoms with van der Waals surface area (Å²) in [6, 6.07) is 10.7. The van der Waals surface area contributed by atoms with E-state index in [0.29, 0.717) is 16.4 Å². The fourth-order valence-electron chi connectivity index (χ4n) is 2.76. The number of rotatable bonds is 8. The third kappa shape index (κ3) is 5.08. The van der Waals surface area contributed by atoms with E-state index in [1.165, 1.54) is 18.7 Å². The summed E-state index contributed by atoms with van der Waals surface area (Å²) in [7, 11) is 0. The number of nitrogens with zero attached hydrogens (tertiary/aromatic N) is 4. The molecule has 8 heteroatoms. The van der Waals surface area contributed by atoms with Crippen molar-refractivity contribution in [3.8, 4) is 11.4 Å². The lowest BCUT2D eigenvalue weighted by atomic mass is 10.1. The quantitative estimate of drug-likeness (QED) is 0.445. The minimum atomic E-state index is -0.368. The standard InChI is InChI=1S/C21H23N5O2S/c1-4-13-26-19(17-9-11-22-12-10-17)24-25-21(26)29-15(3)20(28)23-18-7-5-16(6-8-18)14(2)27/h5-12,15H,4,13H2,1-3H3,(H,23,28)/t15-/m1/s1. The largest absolute Gasteiger partial charge is 0.325 e. The Morgan fingerprint density at radius 3 is 2.41 bits per heavy atom. The normalized spacial score (nSPS) is 11.8. The van der Waals surface area contributed by atoms with Gasteiger partial charge in [-0.15, -0.1) is 10.2 Å². The average molecular weight is 410 g/mol. The predicted molar refractivity (Wildman–Crippen MR) is 114 cm³/mol. The van der Waals surface area contributed by atoms with Gasteiger partial charge in [0.15, 0.2) is 16.8 Å². The van der Waals surface area contributed by atoms with Gasteiger partial charge in [0, 0.05) is 35.8 Å². The molecule has 150 valence electrons. The van der Waals surface area contributed by atoms with Gasteiger partial charge >= 0.3 is 0 Å². The van der Waals surface area contributed by atoms with E-state index in [1.807, 2.05) is 23.6 Å². The molecule has 29 heavy (non-hydrogen) atoms. The summed E-state index contributed by atoms with van der Waals surface area (Å²) in [5, 5.41) is 11.9. The van der Waals surface area contributed by atoms with Crippen LogP contribution in [0.5, 0.6) is 0 Å². The van der Waals surface area contributed by atoms with Crippen molar-refractivity contribution in [1.82, 2.24) is 19.7 Å². The maximum atomic E-state index is 12.6. The van der Waals surface area contributed by atoms with E-state index in [9.17, 15) is 9.59 Å². The molecule has 0 unspecified atom stereocenters. The van der Waals surface area contributed by atoms with Crippen LogP contribution in [-0.2, 0) is 11.3 Å². The SMILES string of the molecule is CCCn1c(S[C@H](C)C(=O)Nc2ccc(C(C)=O)cc2)nnc1-c1ccncc1. The van der Waals surface area contributed by atoms with Crippen molar-refractivity contribution < 1.29 is 9.59 Å². The summed E-state index contributed by atoms with van der Waals surface area (Å²) >= 11 is 1.37. The van der Waals surface area contributed by atoms with Gasteiger partial charge in [0.25, 0.3) is 0 Å². The highest BCUT2D eigenvalue weighted by Crippen LogP contribution is 2.27. The van der Waals surface area contributed by atoms with Gasteiger partial charge in [-0.1, -0.05) is 18.7 Å². The lowest BCUT2D eigenvalue weighted by Crippen LogP contribution is -2.23. The highest BCUT2D eigenvalue weighted by molar-refractivity contribution is 8.00. The molecule has 0 saturated heterocycles. The van der Waals surface area contributed by atoms with Crippen LogP contribution < -0.4 is 5.32 Å². The molecule has 1 aromatic carbocycles. The topological polar surface area (TPSA) is 89.8 Å². The van der Waals surface area contributed by atoms with E-state index in [4.69, 9.17) is 0 Å². The van der Waals surface area contributed by atoms with Crippen molar-refractivity contribution in [3.05, 3.63) is 54.4 Å². The number of ketones is 1. The highest BCUT2D eigenvalue weighted by atomic mass is 32.2. The summed E-state index contributed by atoms with van der Waals surface area (Å²) in [6.07, 6.45) is 4.37. The zero-order valence-corrected chi connectivity index (χ0v) is 17.4. The number of pyridine rings is 1. The van der Waals surface area contributed by atoms with Gasteiger partial charge in [-0.3, -0.25) is 14.6 Å². The Morgan fingerprint density at radius 1 is 1.10 bits per heavy atom. The van der Waals surface area contributed by atoms with Crippen molar-refractivity contribution >= 4 is 29.1 Å². The van der Waals surface area contributed by atoms with Gasteiger partial charge < -0.3 is 9.88 Å². The second-order valence-electron chi connectivity index (χ2n) is 6.58. The molecule has 3 aromatic rings. The maximum absolute atomic E-state index is 12.6. The molecule has 0 aliphatic heterocycles. The van der Waals surface area contributed by atoms with Crippen LogP contribution in [0.1, 0.15) is 37.6 Å². The number of carbonyl (C=O) groups excluding carboxylic acids is 2. The van der Waals surface area contributed by atoms with E-state index in [-0.39, 0.29) is 16.9 Å². The van der Waals surface area contributed by atoms with Crippen LogP contribution in [0.3, 0.4) is 0 Å². The van der Waals surface area contributed by atoms with Crippen molar-refractivity contribution in [2.75, 3.05) is 5.32 Å². The Morgan fingerprint density at radius 2 is 1.79 bits per heavy atom. The van der Waals surface area contributed by atoms with E-state index in [2.05, 4.69) is 27.4 Å². The van der Waals surface area contributed by atoms with Crippen LogP contribution >= 0.6 is 11.8 Å². The molecule has 1 amide bonds. The molecule has 1 N–H and O–H groups in total. The minimum absolute atomic E-state index is 0.00735. The molecular formula is C21H23N5O2S. The van der Waals surface area contributed by atoms with E-state index in [0.717, 1.165) is 24.4 Å². The van der Waals surface area contributed by atoms with Crippen molar-refractivity contribution in [3.63, 3.8) is 0 Å². The third-order valence-electron chi connectivity index (χ3n) is 4.31. The van der Waals surface area contributed by atoms with Gasteiger partial charge in [-0.2, -0.15) is 0 Å². The summed E-state index contributed by atoms with van der Waals surface area (Å²) < 4.78 is 2.03. The predicted octanol–water partition coefficient (Wildman–Crippen LogP) is 4.07. The minimum Gasteiger partial charge on any atom is -0.325 e. The second-order valence-corrected chi connectivity index (χ2v) is 7.88. The Bertz CT molecular complexity index is 986. The number of aromatic nitrogens is 4. The number of anilines is 1. The molecule has 3 rings (SSSR count). The average Bonchev–Trinajstić information content (AvgIpc) is 3.11. The molecule has 0 saturated carbocycles. The maximum Gasteiger partial charge on any atom is 0.237 e. The molecule has 2 heterocycles. The molecule has 0 aliphatic carbocycles. The van der Waals surface area contributed by atoms with Crippen LogP contribution in [0.25, 0.3) is 11.4 Å². The number of Topliss-reactive ketones (excluding diaryl/α,β-unsaturated/α-hetero) is 1. The summed E-state index contributed by atoms with van der Waals surface area (Å²) in [5.74, 6) is 0.623. The van der Waals surface area contributed by atoms with E-state index >= 15 is 0 Å². The van der Waals surface area contributed by atoms with E-state index < -0.39 is 0 Å². The van der Waals surface area contributed by atoms with Crippen LogP contribution in [-0.4, -0.2) is 36.7 Å². The Hall–Kier alpha value is -3.00. The lowest BCUT2D eigenvalue weighted by molar-refractivity contribution is -0.115. The van der Waals surface area contributed by atoms with Gasteiger partial charge in [-0.05, 0) is 56.7 Å². The van der Waals surface area contributed by atoms with Gasteiger partial charge in [0.05, 0.1) is 5.25 Å². The van der Waals surface area contributed by atoms with Crippen molar-refractivity contribution in [1.29, 1.82) is 0 Å². The molecule has 2 aromatic heterocycles. The number of carbonyl (C=O) groups is 2. The monoisotopic (exact) mass is 409 g/mol. The second kappa shape index (κ2) is 9.47. The zero-order chi connectivity index (χ0) is 20.8. The number of benzene rings is 1. The Balaban J connectivity index is 1.72. The molecule has 0 aliphatic rings. The van der Waals surface area contributed by atoms with Crippen LogP contribution in [0.15, 0.2) is 53.9 Å². The van der Waals surface area contributed by atoms with E-state index in [1.54, 1.807) is 36.7 Å². The Kier molecular flexibility index (Phi) is 6.77. The highest BCUT2D eigenvalue weighted by Gasteiger charge is 2.20. The van der Waals surface area contributed by atoms with Crippen LogP contribution in [0, 0.1) is 0 Å². The number of amides is 1. The lowest BCUT2D eigenvalue weighted by Gasteiger charge is -2.13. The number of nitrogens with one attached hydrogen (secondary N) is 1. The summed E-state index contributed by atoms with van der Waals surface area (Å²) in [5.41, 5.74) is 2.21. The fourth-order valence-corrected chi connectivity index (χ4v) is 3.63. The molecule has 1 atom stereocenters. The number of thioether (sulfide) groups is 1. The zero-order valence-electron chi connectivity index (χ0n) is 16.6. The van der Waals surface area contributed by atoms with Crippen LogP contribution in [0.2, 0.25) is 0 Å². The Labute approximate surface area is 174 Å². The molecule has 0 radical (unpaired) electrons. The van der Waals surface area contributed by atoms with Crippen LogP contribution in [0.4, 0.5) is 5.69 Å². The summed E-state index contributed by atoms with van der Waals surface area (Å²) in [4.78, 5) is 28.0. The smallest absolute Gasteiger partial charge is 0.237 e. The van der Waals surface area contributed by atoms with Gasteiger partial charge in [0.1, 0.15) is 0 Å². The first-order chi connectivity index (χ1) is 14.0. The number of hydrogen-bond donors (Lipinski definition) is 1. The first-order valence-corrected chi connectivity index (χ1v) is 10.3. The first-order valence-electron chi connectivity index (χ1n) is 9.41. The fraction of sp³-hybridized carbons (Fsp3) is 0.286. The molecule has 0 fully saturated rings. The first kappa shape index (κ1) is 20.7. The van der Waals surface area contributed by atoms with Crippen molar-refractivity contribution in [2.24, 2.45) is 0 Å². The molecule has 0 bridgehead atoms. The van der Waals surface area contributed by atoms with Gasteiger partial charge in [0.2, 0.25) is 5.91 Å². The summed E-state index contributed by atoms with van der Waals surface area (Å²) in [6.45, 7) is 6.19. The van der Waals surface area contributed by atoms with Crippen molar-refractivity contribution in [2.45, 2.75) is 44.1 Å². The number of hydrogen-bond acceptors (Lipinski definition) is 6. The third-order valence-corrected chi connectivity index (χ3v) is 5.39. The molecular weight excluding hydrogens is 386 g/mol. The molecule has 7 nitrogen and oxygen atoms in total. The molecule has 0 spiro atoms. The van der Waals surface area contributed by atoms with Gasteiger partial charge in [-0.25, -0.2) is 0 Å².